The third-order valence-corrected chi connectivity index (χ3v) is 10.0. The molecule has 0 bridgehead atoms. The maximum atomic E-state index is 6.38. The number of hydrogen-bond acceptors (Lipinski definition) is 2. The molecule has 2 nitrogen and oxygen atoms in total. The molecule has 0 atom stereocenters. The molecule has 0 unspecified atom stereocenters. The van der Waals surface area contributed by atoms with Crippen molar-refractivity contribution in [2.24, 2.45) is 0 Å². The topological polar surface area (TPSA) is 16.4 Å². The van der Waals surface area contributed by atoms with Gasteiger partial charge in [-0.2, -0.15) is 0 Å². The van der Waals surface area contributed by atoms with Crippen LogP contribution in [0.2, 0.25) is 0 Å². The number of para-hydroxylation sites is 2. The van der Waals surface area contributed by atoms with Crippen LogP contribution in [0.3, 0.4) is 0 Å². The Labute approximate surface area is 290 Å². The van der Waals surface area contributed by atoms with E-state index in [1.54, 1.807) is 0 Å². The van der Waals surface area contributed by atoms with Gasteiger partial charge in [-0.1, -0.05) is 140 Å². The van der Waals surface area contributed by atoms with Gasteiger partial charge in [-0.25, -0.2) is 0 Å². The molecule has 0 aliphatic rings. The fourth-order valence-electron chi connectivity index (χ4n) is 7.61. The molecule has 1 heterocycles. The Kier molecular flexibility index (Phi) is 6.53. The van der Waals surface area contributed by atoms with Crippen molar-refractivity contribution < 1.29 is 4.42 Å². The number of furan rings is 1. The molecule has 9 aromatic carbocycles. The summed E-state index contributed by atoms with van der Waals surface area (Å²) in [4.78, 5) is 2.35. The summed E-state index contributed by atoms with van der Waals surface area (Å²) in [5, 5.41) is 9.79. The number of rotatable bonds is 5. The summed E-state index contributed by atoms with van der Waals surface area (Å²) in [6.45, 7) is 0. The van der Waals surface area contributed by atoms with Crippen LogP contribution in [0.1, 0.15) is 0 Å². The van der Waals surface area contributed by atoms with Gasteiger partial charge >= 0.3 is 0 Å². The van der Waals surface area contributed by atoms with Crippen molar-refractivity contribution in [2.45, 2.75) is 0 Å². The van der Waals surface area contributed by atoms with Gasteiger partial charge in [0.25, 0.3) is 0 Å². The highest BCUT2D eigenvalue weighted by Crippen LogP contribution is 2.41. The Morgan fingerprint density at radius 3 is 1.64 bits per heavy atom. The number of anilines is 3. The van der Waals surface area contributed by atoms with Crippen LogP contribution >= 0.6 is 0 Å². The quantitative estimate of drug-likeness (QED) is 0.175. The second-order valence-electron chi connectivity index (χ2n) is 12.9. The normalized spacial score (nSPS) is 11.6. The van der Waals surface area contributed by atoms with Crippen LogP contribution in [0.5, 0.6) is 0 Å². The van der Waals surface area contributed by atoms with Crippen LogP contribution < -0.4 is 4.90 Å². The van der Waals surface area contributed by atoms with Crippen molar-refractivity contribution >= 4 is 71.3 Å². The second-order valence-corrected chi connectivity index (χ2v) is 12.9. The van der Waals surface area contributed by atoms with Gasteiger partial charge in [0.05, 0.1) is 0 Å². The van der Waals surface area contributed by atoms with E-state index in [1.165, 1.54) is 43.4 Å². The Morgan fingerprint density at radius 2 is 0.880 bits per heavy atom. The molecule has 0 aliphatic heterocycles. The zero-order valence-corrected chi connectivity index (χ0v) is 27.3. The molecule has 0 spiro atoms. The first-order valence-corrected chi connectivity index (χ1v) is 17.1. The largest absolute Gasteiger partial charge is 0.455 e. The van der Waals surface area contributed by atoms with Gasteiger partial charge in [0.2, 0.25) is 0 Å². The van der Waals surface area contributed by atoms with E-state index in [-0.39, 0.29) is 0 Å². The highest BCUT2D eigenvalue weighted by atomic mass is 16.3. The minimum Gasteiger partial charge on any atom is -0.455 e. The summed E-state index contributed by atoms with van der Waals surface area (Å²) in [5.74, 6) is 0. The van der Waals surface area contributed by atoms with Crippen LogP contribution in [-0.4, -0.2) is 0 Å². The molecule has 0 radical (unpaired) electrons. The fraction of sp³-hybridized carbons (Fsp3) is 0. The number of benzene rings is 9. The predicted octanol–water partition coefficient (Wildman–Crippen LogP) is 13.8. The van der Waals surface area contributed by atoms with Crippen molar-refractivity contribution in [3.63, 3.8) is 0 Å². The van der Waals surface area contributed by atoms with Gasteiger partial charge in [-0.3, -0.25) is 0 Å². The highest BCUT2D eigenvalue weighted by molar-refractivity contribution is 6.14. The zero-order chi connectivity index (χ0) is 33.0. The predicted molar refractivity (Wildman–Crippen MR) is 212 cm³/mol. The lowest BCUT2D eigenvalue weighted by Gasteiger charge is -2.26. The van der Waals surface area contributed by atoms with Crippen LogP contribution in [0.25, 0.3) is 76.5 Å². The van der Waals surface area contributed by atoms with E-state index in [9.17, 15) is 0 Å². The van der Waals surface area contributed by atoms with Gasteiger partial charge in [0, 0.05) is 33.4 Å². The summed E-state index contributed by atoms with van der Waals surface area (Å²) in [6, 6.07) is 67.5. The Morgan fingerprint density at radius 1 is 0.320 bits per heavy atom. The van der Waals surface area contributed by atoms with E-state index in [2.05, 4.69) is 181 Å². The maximum Gasteiger partial charge on any atom is 0.143 e. The average Bonchev–Trinajstić information content (AvgIpc) is 3.57. The minimum absolute atomic E-state index is 0.911. The van der Waals surface area contributed by atoms with Crippen molar-refractivity contribution in [3.8, 4) is 22.3 Å². The number of nitrogens with zero attached hydrogens (tertiary/aromatic N) is 1. The average molecular weight is 638 g/mol. The fourth-order valence-corrected chi connectivity index (χ4v) is 7.61. The first-order chi connectivity index (χ1) is 24.8. The van der Waals surface area contributed by atoms with E-state index in [1.807, 2.05) is 12.1 Å². The van der Waals surface area contributed by atoms with Crippen molar-refractivity contribution in [1.82, 2.24) is 0 Å². The van der Waals surface area contributed by atoms with Crippen LogP contribution in [0.4, 0.5) is 17.1 Å². The van der Waals surface area contributed by atoms with Crippen molar-refractivity contribution in [3.05, 3.63) is 188 Å². The molecule has 234 valence electrons. The molecule has 2 heteroatoms. The van der Waals surface area contributed by atoms with Crippen LogP contribution in [0.15, 0.2) is 192 Å². The van der Waals surface area contributed by atoms with Crippen molar-refractivity contribution in [1.29, 1.82) is 0 Å². The number of fused-ring (bicyclic) bond motifs is 7. The lowest BCUT2D eigenvalue weighted by molar-refractivity contribution is 0.670. The van der Waals surface area contributed by atoms with Gasteiger partial charge < -0.3 is 9.32 Å². The molecular weight excluding hydrogens is 607 g/mol. The Bertz CT molecular complexity index is 2860. The molecule has 0 fully saturated rings. The lowest BCUT2D eigenvalue weighted by atomic mass is 9.93. The summed E-state index contributed by atoms with van der Waals surface area (Å²) >= 11 is 0. The maximum absolute atomic E-state index is 6.38. The molecule has 0 saturated heterocycles. The number of hydrogen-bond donors (Lipinski definition) is 0. The monoisotopic (exact) mass is 637 g/mol. The molecule has 0 aliphatic carbocycles. The molecule has 50 heavy (non-hydrogen) atoms. The van der Waals surface area contributed by atoms with Gasteiger partial charge in [0.1, 0.15) is 11.2 Å². The SMILES string of the molecule is c1ccc2cc(N(c3ccc(-c4cc5ccccc5c5ccccc45)cc3)c3ccc(-c4cccc5c4oc4ccccc45)cc3)ccc2c1. The zero-order valence-electron chi connectivity index (χ0n) is 27.3. The molecule has 10 aromatic rings. The Balaban J connectivity index is 1.09. The second kappa shape index (κ2) is 11.5. The Hall–Kier alpha value is -6.64. The first-order valence-electron chi connectivity index (χ1n) is 17.1. The van der Waals surface area contributed by atoms with E-state index in [0.29, 0.717) is 0 Å². The molecule has 0 N–H and O–H groups in total. The van der Waals surface area contributed by atoms with Gasteiger partial charge in [0.15, 0.2) is 0 Å². The third-order valence-electron chi connectivity index (χ3n) is 10.0. The smallest absolute Gasteiger partial charge is 0.143 e. The summed E-state index contributed by atoms with van der Waals surface area (Å²) in [6.07, 6.45) is 0. The first kappa shape index (κ1) is 28.4. The minimum atomic E-state index is 0.911. The summed E-state index contributed by atoms with van der Waals surface area (Å²) < 4.78 is 6.38. The van der Waals surface area contributed by atoms with E-state index >= 15 is 0 Å². The standard InChI is InChI=1S/C48H31NO/c1-2-11-35-30-39(29-20-32(35)10-1)49(37-25-21-33(22-26-37)41-17-9-18-45-44-16-7-8-19-47(44)50-48(41)45)38-27-23-34(24-28-38)46-31-36-12-3-4-13-40(36)42-14-5-6-15-43(42)46/h1-31H. The molecule has 0 saturated carbocycles. The molecular formula is C48H31NO. The van der Waals surface area contributed by atoms with E-state index < -0.39 is 0 Å². The molecule has 0 amide bonds. The lowest BCUT2D eigenvalue weighted by Crippen LogP contribution is -2.09. The molecule has 1 aromatic heterocycles. The molecule has 10 rings (SSSR count). The van der Waals surface area contributed by atoms with Crippen LogP contribution in [-0.2, 0) is 0 Å². The summed E-state index contributed by atoms with van der Waals surface area (Å²) in [5.41, 5.74) is 9.78. The van der Waals surface area contributed by atoms with E-state index in [4.69, 9.17) is 4.42 Å². The van der Waals surface area contributed by atoms with Gasteiger partial charge in [-0.05, 0) is 97.5 Å². The third kappa shape index (κ3) is 4.65. The highest BCUT2D eigenvalue weighted by Gasteiger charge is 2.17. The van der Waals surface area contributed by atoms with Gasteiger partial charge in [-0.15, -0.1) is 0 Å². The summed E-state index contributed by atoms with van der Waals surface area (Å²) in [7, 11) is 0. The van der Waals surface area contributed by atoms with Crippen LogP contribution in [0, 0.1) is 0 Å². The van der Waals surface area contributed by atoms with Crippen molar-refractivity contribution in [2.75, 3.05) is 4.90 Å². The van der Waals surface area contributed by atoms with E-state index in [0.717, 1.165) is 50.1 Å².